The summed E-state index contributed by atoms with van der Waals surface area (Å²) in [6.45, 7) is 3.26. The van der Waals surface area contributed by atoms with Crippen LogP contribution < -0.4 is 5.32 Å². The third-order valence-electron chi connectivity index (χ3n) is 1.06. The molecule has 1 heterocycles. The molecule has 0 saturated carbocycles. The number of nitrogens with zero attached hydrogens (tertiary/aromatic N) is 1. The molecular formula is C5H10N2S. The minimum absolute atomic E-state index is 0.702. The van der Waals surface area contributed by atoms with Crippen LogP contribution in [0.4, 0.5) is 0 Å². The van der Waals surface area contributed by atoms with Crippen LogP contribution in [0, 0.1) is 0 Å². The second-order valence-corrected chi connectivity index (χ2v) is 3.27. The lowest BCUT2D eigenvalue weighted by molar-refractivity contribution is 0.890. The van der Waals surface area contributed by atoms with Gasteiger partial charge in [-0.2, -0.15) is 0 Å². The Bertz CT molecular complexity index is 111. The maximum absolute atomic E-state index is 4.01. The van der Waals surface area contributed by atoms with Gasteiger partial charge in [-0.1, -0.05) is 18.7 Å². The molecule has 0 aromatic carbocycles. The molecule has 0 aromatic heterocycles. The number of rotatable bonds is 0. The molecule has 0 aliphatic carbocycles. The van der Waals surface area contributed by atoms with Crippen LogP contribution in [0.1, 0.15) is 6.92 Å². The molecule has 3 heteroatoms. The Morgan fingerprint density at radius 3 is 2.88 bits per heavy atom. The highest BCUT2D eigenvalue weighted by Crippen LogP contribution is 2.15. The lowest BCUT2D eigenvalue weighted by Gasteiger charge is -1.89. The van der Waals surface area contributed by atoms with E-state index in [1.807, 2.05) is 7.05 Å². The summed E-state index contributed by atoms with van der Waals surface area (Å²) in [6.07, 6.45) is 0. The SMILES string of the molecule is CN=C1NCC(C)S1. The van der Waals surface area contributed by atoms with E-state index in [4.69, 9.17) is 0 Å². The van der Waals surface area contributed by atoms with Crippen molar-refractivity contribution in [3.05, 3.63) is 0 Å². The molecule has 2 nitrogen and oxygen atoms in total. The molecule has 1 N–H and O–H groups in total. The molecule has 1 rings (SSSR count). The number of aliphatic imine (C=N–C) groups is 1. The highest BCUT2D eigenvalue weighted by molar-refractivity contribution is 8.14. The molecule has 1 fully saturated rings. The van der Waals surface area contributed by atoms with Crippen LogP contribution >= 0.6 is 11.8 Å². The maximum atomic E-state index is 4.01. The molecule has 1 unspecified atom stereocenters. The fourth-order valence-electron chi connectivity index (χ4n) is 0.637. The van der Waals surface area contributed by atoms with Crippen LogP contribution in [0.5, 0.6) is 0 Å². The quantitative estimate of drug-likeness (QED) is 0.522. The van der Waals surface area contributed by atoms with E-state index in [-0.39, 0.29) is 0 Å². The van der Waals surface area contributed by atoms with E-state index in [0.29, 0.717) is 5.25 Å². The average molecular weight is 130 g/mol. The van der Waals surface area contributed by atoms with Crippen LogP contribution in [0.3, 0.4) is 0 Å². The zero-order valence-corrected chi connectivity index (χ0v) is 5.96. The fourth-order valence-corrected chi connectivity index (χ4v) is 1.46. The van der Waals surface area contributed by atoms with Crippen molar-refractivity contribution in [2.75, 3.05) is 13.6 Å². The van der Waals surface area contributed by atoms with Crippen LogP contribution in [0.15, 0.2) is 4.99 Å². The van der Waals surface area contributed by atoms with E-state index in [2.05, 4.69) is 17.2 Å². The highest BCUT2D eigenvalue weighted by atomic mass is 32.2. The van der Waals surface area contributed by atoms with Gasteiger partial charge in [0.25, 0.3) is 0 Å². The van der Waals surface area contributed by atoms with E-state index in [0.717, 1.165) is 11.7 Å². The molecule has 0 bridgehead atoms. The molecule has 0 spiro atoms. The van der Waals surface area contributed by atoms with Gasteiger partial charge in [-0.3, -0.25) is 4.99 Å². The lowest BCUT2D eigenvalue weighted by Crippen LogP contribution is -2.14. The molecule has 1 aliphatic rings. The van der Waals surface area contributed by atoms with Crippen molar-refractivity contribution >= 4 is 16.9 Å². The Labute approximate surface area is 53.8 Å². The zero-order chi connectivity index (χ0) is 5.98. The van der Waals surface area contributed by atoms with Gasteiger partial charge in [0.05, 0.1) is 0 Å². The van der Waals surface area contributed by atoms with Crippen molar-refractivity contribution in [1.29, 1.82) is 0 Å². The largest absolute Gasteiger partial charge is 0.364 e. The smallest absolute Gasteiger partial charge is 0.156 e. The second kappa shape index (κ2) is 2.40. The Morgan fingerprint density at radius 1 is 1.88 bits per heavy atom. The van der Waals surface area contributed by atoms with Crippen LogP contribution in [-0.2, 0) is 0 Å². The summed E-state index contributed by atoms with van der Waals surface area (Å²) in [5, 5.41) is 4.95. The molecule has 1 atom stereocenters. The molecule has 0 aromatic rings. The number of thioether (sulfide) groups is 1. The minimum Gasteiger partial charge on any atom is -0.364 e. The predicted molar refractivity (Wildman–Crippen MR) is 38.4 cm³/mol. The predicted octanol–water partition coefficient (Wildman–Crippen LogP) is 0.697. The van der Waals surface area contributed by atoms with Gasteiger partial charge in [0.1, 0.15) is 0 Å². The van der Waals surface area contributed by atoms with Gasteiger partial charge >= 0.3 is 0 Å². The Kier molecular flexibility index (Phi) is 1.78. The van der Waals surface area contributed by atoms with E-state index >= 15 is 0 Å². The molecule has 0 amide bonds. The van der Waals surface area contributed by atoms with E-state index < -0.39 is 0 Å². The summed E-state index contributed by atoms with van der Waals surface area (Å²) in [5.41, 5.74) is 0. The van der Waals surface area contributed by atoms with E-state index in [1.54, 1.807) is 11.8 Å². The standard InChI is InChI=1S/C5H10N2S/c1-4-3-7-5(6-2)8-4/h4H,3H2,1-2H3,(H,6,7). The van der Waals surface area contributed by atoms with Crippen molar-refractivity contribution in [2.45, 2.75) is 12.2 Å². The van der Waals surface area contributed by atoms with Crippen molar-refractivity contribution in [3.63, 3.8) is 0 Å². The highest BCUT2D eigenvalue weighted by Gasteiger charge is 2.14. The first-order valence-corrected chi connectivity index (χ1v) is 3.58. The van der Waals surface area contributed by atoms with Gasteiger partial charge in [-0.25, -0.2) is 0 Å². The first-order chi connectivity index (χ1) is 3.83. The Balaban J connectivity index is 2.44. The number of hydrogen-bond donors (Lipinski definition) is 1. The molecular weight excluding hydrogens is 120 g/mol. The number of nitrogens with one attached hydrogen (secondary N) is 1. The molecule has 8 heavy (non-hydrogen) atoms. The minimum atomic E-state index is 0.702. The number of amidine groups is 1. The summed E-state index contributed by atoms with van der Waals surface area (Å²) in [5.74, 6) is 0. The fraction of sp³-hybridized carbons (Fsp3) is 0.800. The lowest BCUT2D eigenvalue weighted by atomic mass is 10.5. The summed E-state index contributed by atoms with van der Waals surface area (Å²) in [6, 6.07) is 0. The van der Waals surface area contributed by atoms with Crippen molar-refractivity contribution in [1.82, 2.24) is 5.32 Å². The Morgan fingerprint density at radius 2 is 2.62 bits per heavy atom. The van der Waals surface area contributed by atoms with Gasteiger partial charge < -0.3 is 5.32 Å². The third kappa shape index (κ3) is 1.15. The van der Waals surface area contributed by atoms with Gasteiger partial charge in [-0.15, -0.1) is 0 Å². The average Bonchev–Trinajstić information content (AvgIpc) is 2.14. The summed E-state index contributed by atoms with van der Waals surface area (Å²) in [7, 11) is 1.81. The van der Waals surface area contributed by atoms with E-state index in [1.165, 1.54) is 0 Å². The first kappa shape index (κ1) is 5.95. The second-order valence-electron chi connectivity index (χ2n) is 1.84. The normalized spacial score (nSPS) is 33.2. The van der Waals surface area contributed by atoms with Crippen molar-refractivity contribution in [2.24, 2.45) is 4.99 Å². The molecule has 0 radical (unpaired) electrons. The van der Waals surface area contributed by atoms with Crippen molar-refractivity contribution < 1.29 is 0 Å². The van der Waals surface area contributed by atoms with Crippen LogP contribution in [-0.4, -0.2) is 24.0 Å². The first-order valence-electron chi connectivity index (χ1n) is 2.70. The summed E-state index contributed by atoms with van der Waals surface area (Å²) in [4.78, 5) is 4.01. The topological polar surface area (TPSA) is 24.4 Å². The molecule has 46 valence electrons. The van der Waals surface area contributed by atoms with Gasteiger partial charge in [-0.05, 0) is 0 Å². The summed E-state index contributed by atoms with van der Waals surface area (Å²) < 4.78 is 0. The van der Waals surface area contributed by atoms with E-state index in [9.17, 15) is 0 Å². The summed E-state index contributed by atoms with van der Waals surface area (Å²) >= 11 is 1.80. The molecule has 1 saturated heterocycles. The third-order valence-corrected chi connectivity index (χ3v) is 2.18. The number of hydrogen-bond acceptors (Lipinski definition) is 2. The van der Waals surface area contributed by atoms with Crippen molar-refractivity contribution in [3.8, 4) is 0 Å². The monoisotopic (exact) mass is 130 g/mol. The maximum Gasteiger partial charge on any atom is 0.156 e. The van der Waals surface area contributed by atoms with Gasteiger partial charge in [0.15, 0.2) is 5.17 Å². The van der Waals surface area contributed by atoms with Gasteiger partial charge in [0.2, 0.25) is 0 Å². The molecule has 1 aliphatic heterocycles. The Hall–Kier alpha value is -0.180. The van der Waals surface area contributed by atoms with Crippen LogP contribution in [0.25, 0.3) is 0 Å². The zero-order valence-electron chi connectivity index (χ0n) is 5.14. The van der Waals surface area contributed by atoms with Crippen LogP contribution in [0.2, 0.25) is 0 Å². The van der Waals surface area contributed by atoms with Gasteiger partial charge in [0, 0.05) is 18.8 Å².